The van der Waals surface area contributed by atoms with Crippen LogP contribution in [-0.2, 0) is 31.8 Å². The van der Waals surface area contributed by atoms with Crippen LogP contribution in [0.5, 0.6) is 0 Å². The van der Waals surface area contributed by atoms with E-state index in [4.69, 9.17) is 19.9 Å². The van der Waals surface area contributed by atoms with Crippen molar-refractivity contribution in [1.82, 2.24) is 19.5 Å². The Bertz CT molecular complexity index is 1550. The number of carbonyl (C=O) groups excluding carboxylic acids is 1. The number of esters is 1. The van der Waals surface area contributed by atoms with Crippen LogP contribution in [0.1, 0.15) is 56.3 Å². The van der Waals surface area contributed by atoms with Crippen molar-refractivity contribution in [1.29, 1.82) is 0 Å². The predicted molar refractivity (Wildman–Crippen MR) is 148 cm³/mol. The zero-order valence-electron chi connectivity index (χ0n) is 22.9. The molecule has 2 N–H and O–H groups in total. The van der Waals surface area contributed by atoms with Gasteiger partial charge in [-0.1, -0.05) is 0 Å². The van der Waals surface area contributed by atoms with Crippen molar-refractivity contribution in [2.45, 2.75) is 77.4 Å². The number of nitrogen functional groups attached to an aromatic ring is 1. The molecule has 0 spiro atoms. The Morgan fingerprint density at radius 3 is 2.82 bits per heavy atom. The van der Waals surface area contributed by atoms with Gasteiger partial charge in [-0.3, -0.25) is 4.79 Å². The number of rotatable bonds is 7. The molecule has 204 valence electrons. The first-order chi connectivity index (χ1) is 18.7. The molecule has 1 aliphatic carbocycles. The fraction of sp³-hybridized carbons (Fsp3) is 0.467. The summed E-state index contributed by atoms with van der Waals surface area (Å²) in [4.78, 5) is 25.8. The molecule has 4 heterocycles. The number of carbonyl (C=O) groups is 1. The van der Waals surface area contributed by atoms with E-state index in [9.17, 15) is 4.79 Å². The Kier molecular flexibility index (Phi) is 6.51. The first-order valence-electron chi connectivity index (χ1n) is 13.7. The molecule has 2 aliphatic rings. The van der Waals surface area contributed by atoms with Gasteiger partial charge in [0.2, 0.25) is 0 Å². The van der Waals surface area contributed by atoms with E-state index in [1.54, 1.807) is 6.33 Å². The number of hydrogen-bond donors (Lipinski definition) is 1. The van der Waals surface area contributed by atoms with Gasteiger partial charge in [-0.2, -0.15) is 0 Å². The maximum atomic E-state index is 12.5. The number of aromatic nitrogens is 4. The highest BCUT2D eigenvalue weighted by molar-refractivity contribution is 5.85. The third-order valence-electron chi connectivity index (χ3n) is 8.08. The summed E-state index contributed by atoms with van der Waals surface area (Å²) >= 11 is 0. The molecular weight excluding hydrogens is 494 g/mol. The molecule has 9 heteroatoms. The van der Waals surface area contributed by atoms with Gasteiger partial charge in [0.05, 0.1) is 30.7 Å². The summed E-state index contributed by atoms with van der Waals surface area (Å²) in [6.45, 7) is 8.09. The number of nitrogens with zero attached hydrogens (tertiary/aromatic N) is 4. The quantitative estimate of drug-likeness (QED) is 0.343. The SMILES string of the molecule is CCOC(=O)Cc1cc2cc(C)c(N)nc2cc1CC[C@H]1C[C@@H](n2ccc3cncnc32)[C@@H]2OC(C)(C)O[C@H]12. The summed E-state index contributed by atoms with van der Waals surface area (Å²) < 4.78 is 20.4. The van der Waals surface area contributed by atoms with Gasteiger partial charge in [0, 0.05) is 23.2 Å². The lowest BCUT2D eigenvalue weighted by Crippen LogP contribution is -2.27. The van der Waals surface area contributed by atoms with Crippen molar-refractivity contribution in [3.63, 3.8) is 0 Å². The summed E-state index contributed by atoms with van der Waals surface area (Å²) in [6, 6.07) is 8.32. The molecule has 4 atom stereocenters. The fourth-order valence-corrected chi connectivity index (χ4v) is 6.32. The van der Waals surface area contributed by atoms with E-state index in [0.29, 0.717) is 12.4 Å². The van der Waals surface area contributed by atoms with E-state index in [1.165, 1.54) is 0 Å². The number of nitrogens with two attached hydrogens (primary N) is 1. The zero-order valence-corrected chi connectivity index (χ0v) is 22.9. The molecule has 1 aliphatic heterocycles. The predicted octanol–water partition coefficient (Wildman–Crippen LogP) is 4.69. The normalized spacial score (nSPS) is 23.9. The number of benzene rings is 1. The van der Waals surface area contributed by atoms with Crippen molar-refractivity contribution in [2.24, 2.45) is 5.92 Å². The summed E-state index contributed by atoms with van der Waals surface area (Å²) in [5.41, 5.74) is 10.8. The molecular formula is C30H35N5O4. The standard InChI is InChI=1S/C30H35N5O4/c1-5-37-25(36)14-21-11-22-10-17(2)28(31)34-23(22)12-18(21)6-7-19-13-24(27-26(19)38-30(3,4)39-27)35-9-8-20-15-32-16-33-29(20)35/h8-12,15-16,19,24,26-27H,5-7,13-14H2,1-4H3,(H2,31,34)/t19-,24+,26+,27-/m0/s1. The van der Waals surface area contributed by atoms with Gasteiger partial charge in [-0.25, -0.2) is 15.0 Å². The van der Waals surface area contributed by atoms with E-state index in [1.807, 2.05) is 40.0 Å². The van der Waals surface area contributed by atoms with Gasteiger partial charge in [-0.05, 0) is 93.8 Å². The number of hydrogen-bond acceptors (Lipinski definition) is 8. The number of pyridine rings is 1. The smallest absolute Gasteiger partial charge is 0.310 e. The Morgan fingerprint density at radius 1 is 1.18 bits per heavy atom. The molecule has 39 heavy (non-hydrogen) atoms. The van der Waals surface area contributed by atoms with E-state index >= 15 is 0 Å². The van der Waals surface area contributed by atoms with Crippen molar-refractivity contribution in [3.05, 3.63) is 59.7 Å². The monoisotopic (exact) mass is 529 g/mol. The van der Waals surface area contributed by atoms with Gasteiger partial charge >= 0.3 is 5.97 Å². The van der Waals surface area contributed by atoms with E-state index in [2.05, 4.69) is 43.9 Å². The first kappa shape index (κ1) is 25.7. The largest absolute Gasteiger partial charge is 0.466 e. The number of aryl methyl sites for hydroxylation is 2. The zero-order chi connectivity index (χ0) is 27.3. The highest BCUT2D eigenvalue weighted by Crippen LogP contribution is 2.49. The van der Waals surface area contributed by atoms with Crippen LogP contribution in [0, 0.1) is 12.8 Å². The van der Waals surface area contributed by atoms with Crippen LogP contribution in [0.4, 0.5) is 5.82 Å². The van der Waals surface area contributed by atoms with Crippen LogP contribution >= 0.6 is 0 Å². The molecule has 1 aromatic carbocycles. The Balaban J connectivity index is 1.30. The van der Waals surface area contributed by atoms with Crippen LogP contribution in [0.3, 0.4) is 0 Å². The maximum absolute atomic E-state index is 12.5. The fourth-order valence-electron chi connectivity index (χ4n) is 6.32. The van der Waals surface area contributed by atoms with Crippen LogP contribution in [-0.4, -0.2) is 50.1 Å². The maximum Gasteiger partial charge on any atom is 0.310 e. The summed E-state index contributed by atoms with van der Waals surface area (Å²) in [5.74, 6) is -0.0885. The van der Waals surface area contributed by atoms with Crippen molar-refractivity contribution in [3.8, 4) is 0 Å². The molecule has 3 aromatic heterocycles. The minimum atomic E-state index is -0.651. The summed E-state index contributed by atoms with van der Waals surface area (Å²) in [6.07, 6.45) is 8.19. The molecule has 4 aromatic rings. The van der Waals surface area contributed by atoms with Crippen LogP contribution < -0.4 is 5.73 Å². The van der Waals surface area contributed by atoms with Gasteiger partial charge < -0.3 is 24.5 Å². The minimum absolute atomic E-state index is 0.0327. The molecule has 1 saturated heterocycles. The molecule has 0 amide bonds. The Hall–Kier alpha value is -3.56. The molecule has 1 saturated carbocycles. The van der Waals surface area contributed by atoms with Crippen LogP contribution in [0.2, 0.25) is 0 Å². The van der Waals surface area contributed by atoms with E-state index in [-0.39, 0.29) is 36.6 Å². The highest BCUT2D eigenvalue weighted by atomic mass is 16.8. The summed E-state index contributed by atoms with van der Waals surface area (Å²) in [5, 5.41) is 1.99. The highest BCUT2D eigenvalue weighted by Gasteiger charge is 2.54. The Labute approximate surface area is 227 Å². The lowest BCUT2D eigenvalue weighted by atomic mass is 9.91. The van der Waals surface area contributed by atoms with E-state index < -0.39 is 5.79 Å². The third-order valence-corrected chi connectivity index (χ3v) is 8.08. The van der Waals surface area contributed by atoms with Gasteiger partial charge in [0.1, 0.15) is 23.9 Å². The van der Waals surface area contributed by atoms with Gasteiger partial charge in [0.15, 0.2) is 5.79 Å². The second-order valence-electron chi connectivity index (χ2n) is 11.2. The van der Waals surface area contributed by atoms with E-state index in [0.717, 1.165) is 57.9 Å². The number of fused-ring (bicyclic) bond motifs is 3. The second-order valence-corrected chi connectivity index (χ2v) is 11.2. The van der Waals surface area contributed by atoms with Crippen LogP contribution in [0.25, 0.3) is 21.9 Å². The second kappa shape index (κ2) is 9.88. The number of ether oxygens (including phenoxy) is 3. The van der Waals surface area contributed by atoms with Gasteiger partial charge in [0.25, 0.3) is 0 Å². The Morgan fingerprint density at radius 2 is 2.00 bits per heavy atom. The lowest BCUT2D eigenvalue weighted by molar-refractivity contribution is -0.160. The molecule has 0 unspecified atom stereocenters. The van der Waals surface area contributed by atoms with Crippen molar-refractivity contribution < 1.29 is 19.0 Å². The number of anilines is 1. The molecule has 0 radical (unpaired) electrons. The average molecular weight is 530 g/mol. The first-order valence-corrected chi connectivity index (χ1v) is 13.7. The summed E-state index contributed by atoms with van der Waals surface area (Å²) in [7, 11) is 0. The molecule has 9 nitrogen and oxygen atoms in total. The topological polar surface area (TPSA) is 114 Å². The molecule has 2 fully saturated rings. The average Bonchev–Trinajstić information content (AvgIpc) is 3.54. The van der Waals surface area contributed by atoms with Crippen molar-refractivity contribution >= 4 is 33.7 Å². The van der Waals surface area contributed by atoms with Gasteiger partial charge in [-0.15, -0.1) is 0 Å². The molecule has 6 rings (SSSR count). The third kappa shape index (κ3) is 4.85. The molecule has 0 bridgehead atoms. The lowest BCUT2D eigenvalue weighted by Gasteiger charge is -2.24. The minimum Gasteiger partial charge on any atom is -0.466 e. The van der Waals surface area contributed by atoms with Crippen LogP contribution in [0.15, 0.2) is 43.0 Å². The van der Waals surface area contributed by atoms with Crippen molar-refractivity contribution in [2.75, 3.05) is 12.3 Å².